The number of ketones is 6. The number of Topliss-reactive ketones (excluding diaryl/α,β-unsaturated/α-hetero) is 6. The molecule has 0 heterocycles. The summed E-state index contributed by atoms with van der Waals surface area (Å²) in [6.07, 6.45) is 0. The maximum absolute atomic E-state index is 10.4. The van der Waals surface area contributed by atoms with Crippen LogP contribution in [0.1, 0.15) is 41.5 Å². The Bertz CT molecular complexity index is 394. The summed E-state index contributed by atoms with van der Waals surface area (Å²) in [5.41, 5.74) is 0. The molecule has 0 aliphatic carbocycles. The predicted octanol–water partition coefficient (Wildman–Crippen LogP) is 2.90. The summed E-state index contributed by atoms with van der Waals surface area (Å²) in [5, 5.41) is 0. The molecule has 1 radical (unpaired) electrons. The van der Waals surface area contributed by atoms with Crippen LogP contribution in [0.5, 0.6) is 0 Å². The van der Waals surface area contributed by atoms with Gasteiger partial charge in [0, 0.05) is 16.8 Å². The number of rotatable bonds is 6. The summed E-state index contributed by atoms with van der Waals surface area (Å²) in [4.78, 5) is 62.1. The Balaban J connectivity index is -0.000000130. The third-order valence-corrected chi connectivity index (χ3v) is 7.40. The molecule has 0 amide bonds. The summed E-state index contributed by atoms with van der Waals surface area (Å²) < 4.78 is -1.31. The van der Waals surface area contributed by atoms with E-state index in [0.29, 0.717) is 0 Å². The molecule has 0 saturated heterocycles. The molecule has 147 valence electrons. The summed E-state index contributed by atoms with van der Waals surface area (Å²) in [6, 6.07) is 0. The van der Waals surface area contributed by atoms with E-state index in [1.165, 1.54) is 41.5 Å². The SMILES string of the molecule is CC(=O)C(I)C(C)=O.CC(=O)C(I)C(C)=O.CC(=O)C(I)C(C)=O.[Co]. The van der Waals surface area contributed by atoms with Gasteiger partial charge in [-0.25, -0.2) is 0 Å². The summed E-state index contributed by atoms with van der Waals surface area (Å²) in [7, 11) is 0. The second-order valence-electron chi connectivity index (χ2n) is 4.75. The van der Waals surface area contributed by atoms with Crippen molar-refractivity contribution >= 4 is 102 Å². The maximum Gasteiger partial charge on any atom is 0.150 e. The Hall–Kier alpha value is 0.716. The van der Waals surface area contributed by atoms with E-state index in [2.05, 4.69) is 0 Å². The molecule has 0 unspecified atom stereocenters. The van der Waals surface area contributed by atoms with Crippen molar-refractivity contribution < 1.29 is 45.5 Å². The van der Waals surface area contributed by atoms with E-state index in [9.17, 15) is 28.8 Å². The van der Waals surface area contributed by atoms with Gasteiger partial charge in [0.1, 0.15) is 46.5 Å². The third-order valence-electron chi connectivity index (χ3n) is 2.14. The van der Waals surface area contributed by atoms with E-state index in [1.807, 2.05) is 67.8 Å². The summed E-state index contributed by atoms with van der Waals surface area (Å²) in [6.45, 7) is 8.49. The van der Waals surface area contributed by atoms with Crippen LogP contribution in [0.15, 0.2) is 0 Å². The van der Waals surface area contributed by atoms with E-state index in [0.717, 1.165) is 0 Å². The molecule has 0 aromatic rings. The Kier molecular flexibility index (Phi) is 24.1. The molecule has 0 atom stereocenters. The molecule has 0 aromatic heterocycles. The molecule has 0 aromatic carbocycles. The van der Waals surface area contributed by atoms with Gasteiger partial charge in [0.15, 0.2) is 0 Å². The minimum absolute atomic E-state index is 0. The second-order valence-corrected chi connectivity index (χ2v) is 8.49. The smallest absolute Gasteiger partial charge is 0.150 e. The van der Waals surface area contributed by atoms with E-state index >= 15 is 0 Å². The Labute approximate surface area is 199 Å². The van der Waals surface area contributed by atoms with Crippen molar-refractivity contribution in [2.75, 3.05) is 0 Å². The monoisotopic (exact) mass is 737 g/mol. The van der Waals surface area contributed by atoms with Crippen LogP contribution in [0.2, 0.25) is 0 Å². The van der Waals surface area contributed by atoms with Crippen LogP contribution in [0.4, 0.5) is 0 Å². The van der Waals surface area contributed by atoms with Gasteiger partial charge in [0.05, 0.1) is 0 Å². The summed E-state index contributed by atoms with van der Waals surface area (Å²) >= 11 is 5.47. The Morgan fingerprint density at radius 3 is 0.520 bits per heavy atom. The van der Waals surface area contributed by atoms with Gasteiger partial charge in [0.25, 0.3) is 0 Å². The normalized spacial score (nSPS) is 9.12. The van der Waals surface area contributed by atoms with E-state index in [-0.39, 0.29) is 51.5 Å². The van der Waals surface area contributed by atoms with Crippen molar-refractivity contribution in [3.8, 4) is 0 Å². The molecular weight excluding hydrogens is 716 g/mol. The topological polar surface area (TPSA) is 102 Å². The van der Waals surface area contributed by atoms with Gasteiger partial charge in [-0.1, -0.05) is 67.8 Å². The van der Waals surface area contributed by atoms with Crippen LogP contribution in [0.3, 0.4) is 0 Å². The number of hydrogen-bond acceptors (Lipinski definition) is 6. The molecule has 0 rings (SSSR count). The Morgan fingerprint density at radius 1 is 0.440 bits per heavy atom. The standard InChI is InChI=1S/3C5H7IO2.Co/c3*1-3(7)5(6)4(2)8;/h3*5H,1-2H3;. The minimum Gasteiger partial charge on any atom is -0.298 e. The fraction of sp³-hybridized carbons (Fsp3) is 0.600. The molecule has 25 heavy (non-hydrogen) atoms. The molecule has 0 bridgehead atoms. The predicted molar refractivity (Wildman–Crippen MR) is 118 cm³/mol. The molecular formula is C15H21CoI3O6. The molecule has 0 aliphatic heterocycles. The number of carbonyl (C=O) groups excluding carboxylic acids is 6. The molecule has 6 nitrogen and oxygen atoms in total. The largest absolute Gasteiger partial charge is 0.298 e. The van der Waals surface area contributed by atoms with Crippen LogP contribution in [0.25, 0.3) is 0 Å². The fourth-order valence-corrected chi connectivity index (χ4v) is 0.859. The molecule has 0 spiro atoms. The first-order valence-corrected chi connectivity index (χ1v) is 10.3. The van der Waals surface area contributed by atoms with Crippen LogP contribution < -0.4 is 0 Å². The van der Waals surface area contributed by atoms with Crippen molar-refractivity contribution in [2.45, 2.75) is 53.3 Å². The second kappa shape index (κ2) is 18.1. The molecule has 0 fully saturated rings. The van der Waals surface area contributed by atoms with Gasteiger partial charge in [-0.05, 0) is 41.5 Å². The van der Waals surface area contributed by atoms with Crippen LogP contribution in [-0.4, -0.2) is 46.5 Å². The van der Waals surface area contributed by atoms with Crippen LogP contribution in [0, 0.1) is 0 Å². The van der Waals surface area contributed by atoms with Crippen molar-refractivity contribution in [1.29, 1.82) is 0 Å². The minimum atomic E-state index is -0.437. The van der Waals surface area contributed by atoms with Gasteiger partial charge in [-0.15, -0.1) is 0 Å². The van der Waals surface area contributed by atoms with Crippen LogP contribution in [-0.2, 0) is 45.5 Å². The van der Waals surface area contributed by atoms with Crippen LogP contribution >= 0.6 is 67.8 Å². The first kappa shape index (κ1) is 33.3. The van der Waals surface area contributed by atoms with Gasteiger partial charge >= 0.3 is 0 Å². The van der Waals surface area contributed by atoms with Crippen molar-refractivity contribution in [1.82, 2.24) is 0 Å². The molecule has 0 saturated carbocycles. The number of hydrogen-bond donors (Lipinski definition) is 0. The fourth-order valence-electron chi connectivity index (χ4n) is 0.859. The quantitative estimate of drug-likeness (QED) is 0.236. The third kappa shape index (κ3) is 20.9. The zero-order valence-corrected chi connectivity index (χ0v) is 22.2. The number of halogens is 3. The Morgan fingerprint density at radius 2 is 0.520 bits per heavy atom. The van der Waals surface area contributed by atoms with Gasteiger partial charge in [-0.2, -0.15) is 0 Å². The zero-order valence-electron chi connectivity index (χ0n) is 14.6. The van der Waals surface area contributed by atoms with Gasteiger partial charge in [0.2, 0.25) is 0 Å². The van der Waals surface area contributed by atoms with E-state index in [1.54, 1.807) is 0 Å². The van der Waals surface area contributed by atoms with Crippen molar-refractivity contribution in [2.24, 2.45) is 0 Å². The number of carbonyl (C=O) groups is 6. The zero-order chi connectivity index (χ0) is 20.2. The average molecular weight is 737 g/mol. The number of alkyl halides is 3. The first-order valence-electron chi connectivity index (χ1n) is 6.61. The molecule has 0 aliphatic rings. The molecule has 10 heteroatoms. The van der Waals surface area contributed by atoms with E-state index < -0.39 is 11.8 Å². The van der Waals surface area contributed by atoms with Crippen molar-refractivity contribution in [3.63, 3.8) is 0 Å². The van der Waals surface area contributed by atoms with Gasteiger partial charge < -0.3 is 0 Å². The van der Waals surface area contributed by atoms with Crippen molar-refractivity contribution in [3.05, 3.63) is 0 Å². The first-order chi connectivity index (χ1) is 10.7. The van der Waals surface area contributed by atoms with E-state index in [4.69, 9.17) is 0 Å². The summed E-state index contributed by atoms with van der Waals surface area (Å²) in [5.74, 6) is -0.427. The maximum atomic E-state index is 10.4. The van der Waals surface area contributed by atoms with Gasteiger partial charge in [-0.3, -0.25) is 28.8 Å². The average Bonchev–Trinajstić information content (AvgIpc) is 2.45. The molecule has 0 N–H and O–H groups in total.